The summed E-state index contributed by atoms with van der Waals surface area (Å²) in [5.41, 5.74) is 2.01. The van der Waals surface area contributed by atoms with Gasteiger partial charge in [0, 0.05) is 35.7 Å². The Morgan fingerprint density at radius 1 is 1.17 bits per heavy atom. The number of hydrogen-bond donors (Lipinski definition) is 1. The first-order chi connectivity index (χ1) is 14.3. The Morgan fingerprint density at radius 2 is 1.93 bits per heavy atom. The fourth-order valence-corrected chi connectivity index (χ4v) is 6.53. The van der Waals surface area contributed by atoms with E-state index in [1.807, 2.05) is 12.1 Å². The van der Waals surface area contributed by atoms with Gasteiger partial charge in [-0.05, 0) is 56.7 Å². The average Bonchev–Trinajstić information content (AvgIpc) is 3.18. The number of likely N-dealkylation sites (tertiary alicyclic amines) is 1. The van der Waals surface area contributed by atoms with E-state index in [4.69, 9.17) is 4.98 Å². The topological polar surface area (TPSA) is 70.5 Å². The molecule has 1 aromatic carbocycles. The lowest BCUT2D eigenvalue weighted by Crippen LogP contribution is -2.49. The van der Waals surface area contributed by atoms with Crippen LogP contribution in [0.25, 0.3) is 10.6 Å². The molecule has 1 aromatic heterocycles. The Balaban J connectivity index is 1.48. The van der Waals surface area contributed by atoms with Gasteiger partial charge in [0.1, 0.15) is 5.01 Å². The molecule has 1 saturated heterocycles. The molecule has 7 heteroatoms. The van der Waals surface area contributed by atoms with E-state index in [0.717, 1.165) is 48.6 Å². The molecule has 1 N–H and O–H groups in total. The van der Waals surface area contributed by atoms with Crippen LogP contribution in [0.15, 0.2) is 34.5 Å². The van der Waals surface area contributed by atoms with E-state index in [2.05, 4.69) is 17.2 Å². The minimum absolute atomic E-state index is 0.175. The van der Waals surface area contributed by atoms with Crippen molar-refractivity contribution in [3.8, 4) is 10.6 Å². The molecule has 0 radical (unpaired) electrons. The zero-order valence-electron chi connectivity index (χ0n) is 17.8. The fourth-order valence-electron chi connectivity index (χ4n) is 5.09. The number of sulfone groups is 1. The van der Waals surface area contributed by atoms with Gasteiger partial charge in [-0.1, -0.05) is 25.5 Å². The van der Waals surface area contributed by atoms with Crippen LogP contribution in [0.5, 0.6) is 0 Å². The predicted octanol–water partition coefficient (Wildman–Crippen LogP) is 4.37. The van der Waals surface area contributed by atoms with Crippen molar-refractivity contribution in [1.29, 1.82) is 0 Å². The van der Waals surface area contributed by atoms with Crippen molar-refractivity contribution in [2.45, 2.75) is 69.0 Å². The summed E-state index contributed by atoms with van der Waals surface area (Å²) in [4.78, 5) is 7.72. The van der Waals surface area contributed by atoms with Gasteiger partial charge >= 0.3 is 0 Å². The van der Waals surface area contributed by atoms with Gasteiger partial charge in [-0.25, -0.2) is 13.4 Å². The maximum absolute atomic E-state index is 11.7. The largest absolute Gasteiger partial charge is 0.393 e. The van der Waals surface area contributed by atoms with E-state index < -0.39 is 9.84 Å². The number of aliphatic hydroxyl groups excluding tert-OH is 1. The summed E-state index contributed by atoms with van der Waals surface area (Å²) in [6.45, 7) is 4.20. The van der Waals surface area contributed by atoms with E-state index in [-0.39, 0.29) is 6.10 Å². The van der Waals surface area contributed by atoms with Gasteiger partial charge in [-0.3, -0.25) is 4.90 Å². The SMILES string of the molecule is C[C@@H]1CC[C@H](O)[C@@H]([C@H]2CCCCN2Cc2csc(-c3ccc(S(C)(=O)=O)cc3)n2)C1. The van der Waals surface area contributed by atoms with Crippen LogP contribution < -0.4 is 0 Å². The number of hydrogen-bond acceptors (Lipinski definition) is 6. The molecule has 30 heavy (non-hydrogen) atoms. The van der Waals surface area contributed by atoms with Gasteiger partial charge in [0.2, 0.25) is 0 Å². The Labute approximate surface area is 184 Å². The molecule has 5 nitrogen and oxygen atoms in total. The Hall–Kier alpha value is -1.28. The van der Waals surface area contributed by atoms with Gasteiger partial charge in [-0.15, -0.1) is 11.3 Å². The zero-order chi connectivity index (χ0) is 21.3. The van der Waals surface area contributed by atoms with Crippen LogP contribution in [-0.2, 0) is 16.4 Å². The van der Waals surface area contributed by atoms with Crippen molar-refractivity contribution in [1.82, 2.24) is 9.88 Å². The van der Waals surface area contributed by atoms with Crippen molar-refractivity contribution in [3.05, 3.63) is 35.3 Å². The third-order valence-electron chi connectivity index (χ3n) is 6.73. The lowest BCUT2D eigenvalue weighted by molar-refractivity contribution is -0.0207. The van der Waals surface area contributed by atoms with E-state index in [0.29, 0.717) is 22.8 Å². The molecule has 4 atom stereocenters. The van der Waals surface area contributed by atoms with Gasteiger partial charge in [0.25, 0.3) is 0 Å². The van der Waals surface area contributed by atoms with Crippen LogP contribution in [-0.4, -0.2) is 48.4 Å². The molecule has 1 aliphatic carbocycles. The van der Waals surface area contributed by atoms with Crippen molar-refractivity contribution < 1.29 is 13.5 Å². The molecule has 2 aliphatic rings. The molecular formula is C23H32N2O3S2. The molecule has 164 valence electrons. The van der Waals surface area contributed by atoms with Crippen molar-refractivity contribution >= 4 is 21.2 Å². The van der Waals surface area contributed by atoms with E-state index in [1.54, 1.807) is 23.5 Å². The molecule has 1 aliphatic heterocycles. The number of benzene rings is 1. The first-order valence-electron chi connectivity index (χ1n) is 11.0. The minimum atomic E-state index is -3.19. The molecule has 0 unspecified atom stereocenters. The van der Waals surface area contributed by atoms with Crippen molar-refractivity contribution in [2.24, 2.45) is 11.8 Å². The van der Waals surface area contributed by atoms with Crippen LogP contribution in [0, 0.1) is 11.8 Å². The first-order valence-corrected chi connectivity index (χ1v) is 13.8. The fraction of sp³-hybridized carbons (Fsp3) is 0.609. The standard InChI is InChI=1S/C23H32N2O3S2/c1-16-6-11-22(26)20(13-16)21-5-3-4-12-25(21)14-18-15-29-23(24-18)17-7-9-19(10-8-17)30(2,27)28/h7-10,15-16,20-22,26H,3-6,11-14H2,1-2H3/t16-,20-,21-,22+/m1/s1. The highest BCUT2D eigenvalue weighted by Gasteiger charge is 2.37. The number of thiazole rings is 1. The molecule has 1 saturated carbocycles. The summed E-state index contributed by atoms with van der Waals surface area (Å²) >= 11 is 1.61. The summed E-state index contributed by atoms with van der Waals surface area (Å²) in [6, 6.07) is 7.41. The number of nitrogens with zero attached hydrogens (tertiary/aromatic N) is 2. The molecule has 2 fully saturated rings. The molecule has 2 aromatic rings. The monoisotopic (exact) mass is 448 g/mol. The highest BCUT2D eigenvalue weighted by molar-refractivity contribution is 7.90. The van der Waals surface area contributed by atoms with Crippen LogP contribution in [0.1, 0.15) is 51.1 Å². The minimum Gasteiger partial charge on any atom is -0.393 e. The molecule has 0 spiro atoms. The number of rotatable bonds is 5. The van der Waals surface area contributed by atoms with Crippen LogP contribution in [0.2, 0.25) is 0 Å². The molecule has 0 bridgehead atoms. The van der Waals surface area contributed by atoms with E-state index in [9.17, 15) is 13.5 Å². The quantitative estimate of drug-likeness (QED) is 0.736. The smallest absolute Gasteiger partial charge is 0.175 e. The lowest BCUT2D eigenvalue weighted by Gasteiger charge is -2.44. The van der Waals surface area contributed by atoms with Crippen LogP contribution in [0.3, 0.4) is 0 Å². The maximum Gasteiger partial charge on any atom is 0.175 e. The summed E-state index contributed by atoms with van der Waals surface area (Å²) in [7, 11) is -3.19. The van der Waals surface area contributed by atoms with E-state index in [1.165, 1.54) is 25.5 Å². The lowest BCUT2D eigenvalue weighted by atomic mass is 9.74. The molecule has 2 heterocycles. The van der Waals surface area contributed by atoms with Crippen molar-refractivity contribution in [2.75, 3.05) is 12.8 Å². The van der Waals surface area contributed by atoms with Crippen molar-refractivity contribution in [3.63, 3.8) is 0 Å². The second-order valence-electron chi connectivity index (χ2n) is 9.12. The van der Waals surface area contributed by atoms with Crippen LogP contribution in [0.4, 0.5) is 0 Å². The third kappa shape index (κ3) is 4.96. The summed E-state index contributed by atoms with van der Waals surface area (Å²) < 4.78 is 23.3. The zero-order valence-corrected chi connectivity index (χ0v) is 19.5. The maximum atomic E-state index is 11.7. The Morgan fingerprint density at radius 3 is 2.67 bits per heavy atom. The average molecular weight is 449 g/mol. The molecule has 0 amide bonds. The van der Waals surface area contributed by atoms with Gasteiger partial charge in [0.15, 0.2) is 9.84 Å². The Bertz CT molecular complexity index is 955. The second-order valence-corrected chi connectivity index (χ2v) is 12.0. The second kappa shape index (κ2) is 9.07. The highest BCUT2D eigenvalue weighted by atomic mass is 32.2. The molecular weight excluding hydrogens is 416 g/mol. The van der Waals surface area contributed by atoms with Gasteiger partial charge < -0.3 is 5.11 Å². The Kier molecular flexibility index (Phi) is 6.63. The summed E-state index contributed by atoms with van der Waals surface area (Å²) in [5, 5.41) is 13.7. The van der Waals surface area contributed by atoms with Gasteiger partial charge in [-0.2, -0.15) is 0 Å². The van der Waals surface area contributed by atoms with E-state index >= 15 is 0 Å². The predicted molar refractivity (Wildman–Crippen MR) is 121 cm³/mol. The first kappa shape index (κ1) is 21.9. The summed E-state index contributed by atoms with van der Waals surface area (Å²) in [6.07, 6.45) is 7.86. The number of aromatic nitrogens is 1. The van der Waals surface area contributed by atoms with Crippen LogP contribution >= 0.6 is 11.3 Å². The highest BCUT2D eigenvalue weighted by Crippen LogP contribution is 2.37. The number of aliphatic hydroxyl groups is 1. The number of piperidine rings is 1. The normalized spacial score (nSPS) is 28.5. The summed E-state index contributed by atoms with van der Waals surface area (Å²) in [5.74, 6) is 1.07. The van der Waals surface area contributed by atoms with Gasteiger partial charge in [0.05, 0.1) is 16.7 Å². The third-order valence-corrected chi connectivity index (χ3v) is 8.80. The molecule has 4 rings (SSSR count).